The minimum atomic E-state index is 0.346. The molecule has 0 saturated carbocycles. The molecule has 0 aromatic heterocycles. The predicted molar refractivity (Wildman–Crippen MR) is 71.6 cm³/mol. The summed E-state index contributed by atoms with van der Waals surface area (Å²) in [5, 5.41) is 13.9. The van der Waals surface area contributed by atoms with Gasteiger partial charge >= 0.3 is 0 Å². The molecule has 0 bridgehead atoms. The van der Waals surface area contributed by atoms with Crippen molar-refractivity contribution in [1.82, 2.24) is 5.32 Å². The second-order valence-electron chi connectivity index (χ2n) is 5.23. The maximum Gasteiger partial charge on any atom is 0.123 e. The maximum atomic E-state index is 10.4. The largest absolute Gasteiger partial charge is 0.507 e. The summed E-state index contributed by atoms with van der Waals surface area (Å²) in [5.74, 6) is 0.988. The molecule has 1 aliphatic heterocycles. The molecule has 2 heteroatoms. The Hall–Kier alpha value is -1.02. The van der Waals surface area contributed by atoms with Crippen LogP contribution in [0.3, 0.4) is 0 Å². The van der Waals surface area contributed by atoms with Crippen molar-refractivity contribution in [2.24, 2.45) is 0 Å². The highest BCUT2D eigenvalue weighted by atomic mass is 16.3. The summed E-state index contributed by atoms with van der Waals surface area (Å²) in [6.07, 6.45) is 3.24. The average molecular weight is 233 g/mol. The lowest BCUT2D eigenvalue weighted by Crippen LogP contribution is -2.16. The van der Waals surface area contributed by atoms with Gasteiger partial charge in [0.25, 0.3) is 0 Å². The fourth-order valence-electron chi connectivity index (χ4n) is 2.75. The first-order chi connectivity index (χ1) is 8.15. The van der Waals surface area contributed by atoms with E-state index in [0.29, 0.717) is 17.7 Å². The van der Waals surface area contributed by atoms with E-state index in [0.717, 1.165) is 30.5 Å². The van der Waals surface area contributed by atoms with Crippen LogP contribution in [0.4, 0.5) is 0 Å². The van der Waals surface area contributed by atoms with Crippen LogP contribution in [0.15, 0.2) is 12.1 Å². The molecule has 1 fully saturated rings. The van der Waals surface area contributed by atoms with Crippen LogP contribution >= 0.6 is 0 Å². The average Bonchev–Trinajstić information content (AvgIpc) is 2.81. The zero-order chi connectivity index (χ0) is 12.4. The van der Waals surface area contributed by atoms with Crippen molar-refractivity contribution in [2.45, 2.75) is 52.0 Å². The van der Waals surface area contributed by atoms with E-state index in [9.17, 15) is 5.11 Å². The molecular formula is C15H23NO. The second-order valence-corrected chi connectivity index (χ2v) is 5.23. The summed E-state index contributed by atoms with van der Waals surface area (Å²) in [4.78, 5) is 0. The zero-order valence-corrected chi connectivity index (χ0v) is 11.1. The quantitative estimate of drug-likeness (QED) is 0.837. The number of hydrogen-bond acceptors (Lipinski definition) is 2. The lowest BCUT2D eigenvalue weighted by Gasteiger charge is -2.21. The van der Waals surface area contributed by atoms with E-state index in [1.54, 1.807) is 0 Å². The molecule has 1 aromatic carbocycles. The Morgan fingerprint density at radius 2 is 2.18 bits per heavy atom. The Morgan fingerprint density at radius 1 is 1.41 bits per heavy atom. The summed E-state index contributed by atoms with van der Waals surface area (Å²) in [6.45, 7) is 7.55. The molecule has 2 rings (SSSR count). The van der Waals surface area contributed by atoms with Gasteiger partial charge in [0, 0.05) is 11.6 Å². The SMILES string of the molecule is CCc1ccc(C(C)C)c(C2CCCN2)c1O. The summed E-state index contributed by atoms with van der Waals surface area (Å²) in [7, 11) is 0. The van der Waals surface area contributed by atoms with Gasteiger partial charge in [-0.2, -0.15) is 0 Å². The molecule has 1 heterocycles. The number of hydrogen-bond donors (Lipinski definition) is 2. The van der Waals surface area contributed by atoms with Crippen LogP contribution in [0.2, 0.25) is 0 Å². The lowest BCUT2D eigenvalue weighted by atomic mass is 9.89. The summed E-state index contributed by atoms with van der Waals surface area (Å²) < 4.78 is 0. The van der Waals surface area contributed by atoms with Gasteiger partial charge in [0.2, 0.25) is 0 Å². The maximum absolute atomic E-state index is 10.4. The van der Waals surface area contributed by atoms with Crippen LogP contribution in [0.1, 0.15) is 62.3 Å². The van der Waals surface area contributed by atoms with Gasteiger partial charge in [-0.3, -0.25) is 0 Å². The highest BCUT2D eigenvalue weighted by Crippen LogP contribution is 2.38. The minimum absolute atomic E-state index is 0.346. The van der Waals surface area contributed by atoms with Gasteiger partial charge in [0.1, 0.15) is 5.75 Å². The molecule has 1 atom stereocenters. The normalized spacial score (nSPS) is 20.1. The first kappa shape index (κ1) is 12.4. The number of aryl methyl sites for hydroxylation is 1. The van der Waals surface area contributed by atoms with Crippen molar-refractivity contribution < 1.29 is 5.11 Å². The van der Waals surface area contributed by atoms with Crippen LogP contribution in [0, 0.1) is 0 Å². The predicted octanol–water partition coefficient (Wildman–Crippen LogP) is 3.50. The third kappa shape index (κ3) is 2.32. The van der Waals surface area contributed by atoms with E-state index in [1.165, 1.54) is 12.0 Å². The fourth-order valence-corrected chi connectivity index (χ4v) is 2.75. The smallest absolute Gasteiger partial charge is 0.123 e. The summed E-state index contributed by atoms with van der Waals surface area (Å²) in [5.41, 5.74) is 3.51. The van der Waals surface area contributed by atoms with E-state index >= 15 is 0 Å². The Kier molecular flexibility index (Phi) is 3.72. The van der Waals surface area contributed by atoms with Gasteiger partial charge in [-0.15, -0.1) is 0 Å². The molecule has 1 aliphatic rings. The highest BCUT2D eigenvalue weighted by molar-refractivity contribution is 5.49. The van der Waals surface area contributed by atoms with Gasteiger partial charge in [0.05, 0.1) is 0 Å². The molecule has 0 amide bonds. The standard InChI is InChI=1S/C15H23NO/c1-4-11-7-8-12(10(2)3)14(15(11)17)13-6-5-9-16-13/h7-8,10,13,16-17H,4-6,9H2,1-3H3. The second kappa shape index (κ2) is 5.09. The molecule has 2 N–H and O–H groups in total. The van der Waals surface area contributed by atoms with Crippen LogP contribution < -0.4 is 5.32 Å². The molecule has 17 heavy (non-hydrogen) atoms. The Morgan fingerprint density at radius 3 is 2.71 bits per heavy atom. The van der Waals surface area contributed by atoms with Crippen LogP contribution in [-0.2, 0) is 6.42 Å². The molecule has 2 nitrogen and oxygen atoms in total. The molecule has 1 unspecified atom stereocenters. The first-order valence-electron chi connectivity index (χ1n) is 6.73. The number of aromatic hydroxyl groups is 1. The number of phenols is 1. The van der Waals surface area contributed by atoms with Crippen molar-refractivity contribution >= 4 is 0 Å². The zero-order valence-electron chi connectivity index (χ0n) is 11.1. The first-order valence-corrected chi connectivity index (χ1v) is 6.73. The van der Waals surface area contributed by atoms with Crippen LogP contribution in [0.25, 0.3) is 0 Å². The van der Waals surface area contributed by atoms with Crippen molar-refractivity contribution in [2.75, 3.05) is 6.54 Å². The monoisotopic (exact) mass is 233 g/mol. The van der Waals surface area contributed by atoms with Gasteiger partial charge < -0.3 is 10.4 Å². The van der Waals surface area contributed by atoms with Gasteiger partial charge in [0.15, 0.2) is 0 Å². The van der Waals surface area contributed by atoms with Gasteiger partial charge in [-0.1, -0.05) is 32.9 Å². The van der Waals surface area contributed by atoms with E-state index in [4.69, 9.17) is 0 Å². The number of nitrogens with one attached hydrogen (secondary N) is 1. The Balaban J connectivity index is 2.50. The minimum Gasteiger partial charge on any atom is -0.507 e. The van der Waals surface area contributed by atoms with E-state index in [2.05, 4.69) is 38.2 Å². The van der Waals surface area contributed by atoms with Crippen molar-refractivity contribution in [3.05, 3.63) is 28.8 Å². The molecule has 0 aliphatic carbocycles. The molecule has 0 spiro atoms. The van der Waals surface area contributed by atoms with Crippen molar-refractivity contribution in [1.29, 1.82) is 0 Å². The molecule has 0 radical (unpaired) electrons. The van der Waals surface area contributed by atoms with E-state index in [1.807, 2.05) is 0 Å². The van der Waals surface area contributed by atoms with Crippen molar-refractivity contribution in [3.63, 3.8) is 0 Å². The lowest BCUT2D eigenvalue weighted by molar-refractivity contribution is 0.448. The van der Waals surface area contributed by atoms with Gasteiger partial charge in [-0.25, -0.2) is 0 Å². The Labute approximate surface area is 104 Å². The van der Waals surface area contributed by atoms with Crippen LogP contribution in [-0.4, -0.2) is 11.7 Å². The topological polar surface area (TPSA) is 32.3 Å². The summed E-state index contributed by atoms with van der Waals surface area (Å²) >= 11 is 0. The fraction of sp³-hybridized carbons (Fsp3) is 0.600. The molecular weight excluding hydrogens is 210 g/mol. The van der Waals surface area contributed by atoms with Gasteiger partial charge in [-0.05, 0) is 42.9 Å². The Bertz CT molecular complexity index is 392. The third-order valence-corrected chi connectivity index (χ3v) is 3.75. The molecule has 1 saturated heterocycles. The number of phenolic OH excluding ortho intramolecular Hbond substituents is 1. The number of benzene rings is 1. The molecule has 1 aromatic rings. The number of rotatable bonds is 3. The summed E-state index contributed by atoms with van der Waals surface area (Å²) in [6, 6.07) is 4.61. The highest BCUT2D eigenvalue weighted by Gasteiger charge is 2.24. The van der Waals surface area contributed by atoms with E-state index < -0.39 is 0 Å². The van der Waals surface area contributed by atoms with E-state index in [-0.39, 0.29) is 0 Å². The van der Waals surface area contributed by atoms with Crippen LogP contribution in [0.5, 0.6) is 5.75 Å². The third-order valence-electron chi connectivity index (χ3n) is 3.75. The van der Waals surface area contributed by atoms with Crippen molar-refractivity contribution in [3.8, 4) is 5.75 Å². The molecule has 94 valence electrons.